The van der Waals surface area contributed by atoms with E-state index in [4.69, 9.17) is 5.11 Å². The van der Waals surface area contributed by atoms with Gasteiger partial charge in [-0.05, 0) is 18.2 Å². The monoisotopic (exact) mass is 277 g/mol. The molecule has 8 heteroatoms. The second-order valence-electron chi connectivity index (χ2n) is 3.73. The fourth-order valence-corrected chi connectivity index (χ4v) is 1.50. The third-order valence-electron chi connectivity index (χ3n) is 2.39. The summed E-state index contributed by atoms with van der Waals surface area (Å²) in [7, 11) is 0. The minimum absolute atomic E-state index is 0.134. The van der Waals surface area contributed by atoms with Gasteiger partial charge in [-0.2, -0.15) is 5.10 Å². The molecule has 1 heterocycles. The number of benzene rings is 1. The van der Waals surface area contributed by atoms with Crippen LogP contribution in [0.3, 0.4) is 0 Å². The van der Waals surface area contributed by atoms with Gasteiger partial charge in [0.05, 0.1) is 5.69 Å². The lowest BCUT2D eigenvalue weighted by molar-refractivity contribution is 0.0693. The van der Waals surface area contributed by atoms with Gasteiger partial charge in [-0.3, -0.25) is 9.59 Å². The Labute approximate surface area is 111 Å². The van der Waals surface area contributed by atoms with Gasteiger partial charge in [-0.1, -0.05) is 6.07 Å². The second-order valence-corrected chi connectivity index (χ2v) is 3.73. The summed E-state index contributed by atoms with van der Waals surface area (Å²) in [5, 5.41) is 16.7. The van der Waals surface area contributed by atoms with Gasteiger partial charge in [0.1, 0.15) is 17.1 Å². The lowest BCUT2D eigenvalue weighted by Gasteiger charge is -2.08. The van der Waals surface area contributed by atoms with Crippen molar-refractivity contribution in [2.24, 2.45) is 0 Å². The second kappa shape index (κ2) is 5.31. The standard InChI is InChI=1S/C12H8FN3O4/c13-6-2-1-3-7(10(6)12(19)20)14-11(18)8-4-5-9(17)16-15-8/h1-5H,(H,14,18)(H,16,17)(H,19,20). The summed E-state index contributed by atoms with van der Waals surface area (Å²) in [4.78, 5) is 33.6. The number of hydrogen-bond acceptors (Lipinski definition) is 4. The van der Waals surface area contributed by atoms with Crippen LogP contribution in [0.4, 0.5) is 10.1 Å². The molecule has 1 amide bonds. The number of carboxylic acids is 1. The maximum atomic E-state index is 13.4. The maximum Gasteiger partial charge on any atom is 0.340 e. The fraction of sp³-hybridized carbons (Fsp3) is 0. The Hall–Kier alpha value is -3.03. The average molecular weight is 277 g/mol. The van der Waals surface area contributed by atoms with Crippen LogP contribution in [-0.2, 0) is 0 Å². The molecule has 0 aliphatic carbocycles. The van der Waals surface area contributed by atoms with Crippen LogP contribution < -0.4 is 10.9 Å². The molecule has 0 saturated heterocycles. The van der Waals surface area contributed by atoms with Crippen LogP contribution in [0.1, 0.15) is 20.8 Å². The normalized spacial score (nSPS) is 10.1. The van der Waals surface area contributed by atoms with Crippen LogP contribution in [0, 0.1) is 5.82 Å². The molecule has 0 fully saturated rings. The Bertz CT molecular complexity index is 721. The summed E-state index contributed by atoms with van der Waals surface area (Å²) in [6.07, 6.45) is 0. The molecule has 0 spiro atoms. The first-order valence-electron chi connectivity index (χ1n) is 5.38. The number of halogens is 1. The number of nitrogens with one attached hydrogen (secondary N) is 2. The predicted octanol–water partition coefficient (Wildman–Crippen LogP) is 0.859. The number of aromatic amines is 1. The van der Waals surface area contributed by atoms with E-state index in [-0.39, 0.29) is 11.4 Å². The first-order valence-corrected chi connectivity index (χ1v) is 5.38. The zero-order valence-corrected chi connectivity index (χ0v) is 9.88. The number of aromatic nitrogens is 2. The van der Waals surface area contributed by atoms with E-state index < -0.39 is 28.8 Å². The minimum Gasteiger partial charge on any atom is -0.478 e. The van der Waals surface area contributed by atoms with Crippen LogP contribution in [0.5, 0.6) is 0 Å². The summed E-state index contributed by atoms with van der Waals surface area (Å²) in [6.45, 7) is 0. The van der Waals surface area contributed by atoms with Crippen LogP contribution in [-0.4, -0.2) is 27.2 Å². The molecule has 2 aromatic rings. The summed E-state index contributed by atoms with van der Waals surface area (Å²) < 4.78 is 13.4. The van der Waals surface area contributed by atoms with Crippen LogP contribution in [0.2, 0.25) is 0 Å². The van der Waals surface area contributed by atoms with Crippen molar-refractivity contribution < 1.29 is 19.1 Å². The molecule has 0 radical (unpaired) electrons. The van der Waals surface area contributed by atoms with Gasteiger partial charge in [0.15, 0.2) is 0 Å². The van der Waals surface area contributed by atoms with Crippen molar-refractivity contribution in [1.82, 2.24) is 10.2 Å². The highest BCUT2D eigenvalue weighted by Crippen LogP contribution is 2.19. The van der Waals surface area contributed by atoms with Gasteiger partial charge < -0.3 is 10.4 Å². The Morgan fingerprint density at radius 1 is 1.25 bits per heavy atom. The maximum absolute atomic E-state index is 13.4. The number of aromatic carboxylic acids is 1. The van der Waals surface area contributed by atoms with E-state index in [0.717, 1.165) is 18.2 Å². The Balaban J connectivity index is 2.33. The van der Waals surface area contributed by atoms with E-state index in [0.29, 0.717) is 0 Å². The van der Waals surface area contributed by atoms with E-state index in [2.05, 4.69) is 15.5 Å². The minimum atomic E-state index is -1.51. The van der Waals surface area contributed by atoms with Crippen molar-refractivity contribution >= 4 is 17.6 Å². The van der Waals surface area contributed by atoms with Crippen molar-refractivity contribution in [2.45, 2.75) is 0 Å². The van der Waals surface area contributed by atoms with Gasteiger partial charge in [0, 0.05) is 6.07 Å². The number of rotatable bonds is 3. The molecule has 102 valence electrons. The molecule has 0 aliphatic heterocycles. The molecular weight excluding hydrogens is 269 g/mol. The predicted molar refractivity (Wildman–Crippen MR) is 66.2 cm³/mol. The third kappa shape index (κ3) is 2.69. The van der Waals surface area contributed by atoms with E-state index in [1.54, 1.807) is 0 Å². The number of H-pyrrole nitrogens is 1. The van der Waals surface area contributed by atoms with E-state index in [1.165, 1.54) is 12.1 Å². The number of carboxylic acid groups (broad SMARTS) is 1. The first-order chi connectivity index (χ1) is 9.49. The molecule has 0 bridgehead atoms. The topological polar surface area (TPSA) is 112 Å². The first kappa shape index (κ1) is 13.4. The van der Waals surface area contributed by atoms with Gasteiger partial charge in [-0.25, -0.2) is 14.3 Å². The smallest absolute Gasteiger partial charge is 0.340 e. The number of carbonyl (C=O) groups is 2. The SMILES string of the molecule is O=C(Nc1cccc(F)c1C(=O)O)c1ccc(=O)[nH]n1. The lowest BCUT2D eigenvalue weighted by atomic mass is 10.1. The molecule has 0 unspecified atom stereocenters. The van der Waals surface area contributed by atoms with Crippen molar-refractivity contribution in [3.63, 3.8) is 0 Å². The quantitative estimate of drug-likeness (QED) is 0.770. The third-order valence-corrected chi connectivity index (χ3v) is 2.39. The number of carbonyl (C=O) groups excluding carboxylic acids is 1. The van der Waals surface area contributed by atoms with Crippen LogP contribution >= 0.6 is 0 Å². The molecular formula is C12H8FN3O4. The largest absolute Gasteiger partial charge is 0.478 e. The highest BCUT2D eigenvalue weighted by atomic mass is 19.1. The highest BCUT2D eigenvalue weighted by Gasteiger charge is 2.18. The molecule has 7 nitrogen and oxygen atoms in total. The van der Waals surface area contributed by atoms with E-state index in [9.17, 15) is 18.8 Å². The summed E-state index contributed by atoms with van der Waals surface area (Å²) in [5.41, 5.74) is -1.47. The average Bonchev–Trinajstić information content (AvgIpc) is 2.39. The van der Waals surface area contributed by atoms with E-state index >= 15 is 0 Å². The van der Waals surface area contributed by atoms with Crippen molar-refractivity contribution in [1.29, 1.82) is 0 Å². The zero-order chi connectivity index (χ0) is 14.7. The fourth-order valence-electron chi connectivity index (χ4n) is 1.50. The number of amides is 1. The molecule has 3 N–H and O–H groups in total. The van der Waals surface area contributed by atoms with Crippen molar-refractivity contribution in [2.75, 3.05) is 5.32 Å². The Morgan fingerprint density at radius 3 is 2.60 bits per heavy atom. The van der Waals surface area contributed by atoms with Gasteiger partial charge in [0.25, 0.3) is 11.5 Å². The molecule has 0 saturated carbocycles. The van der Waals surface area contributed by atoms with E-state index in [1.807, 2.05) is 0 Å². The summed E-state index contributed by atoms with van der Waals surface area (Å²) in [5.74, 6) is -3.24. The van der Waals surface area contributed by atoms with Gasteiger partial charge >= 0.3 is 5.97 Å². The van der Waals surface area contributed by atoms with Crippen LogP contribution in [0.25, 0.3) is 0 Å². The summed E-state index contributed by atoms with van der Waals surface area (Å²) >= 11 is 0. The van der Waals surface area contributed by atoms with Gasteiger partial charge in [-0.15, -0.1) is 0 Å². The highest BCUT2D eigenvalue weighted by molar-refractivity contribution is 6.06. The molecule has 1 aromatic carbocycles. The molecule has 0 atom stereocenters. The Morgan fingerprint density at radius 2 is 2.00 bits per heavy atom. The van der Waals surface area contributed by atoms with Crippen LogP contribution in [0.15, 0.2) is 35.1 Å². The number of hydrogen-bond donors (Lipinski definition) is 3. The molecule has 2 rings (SSSR count). The van der Waals surface area contributed by atoms with Crippen molar-refractivity contribution in [3.8, 4) is 0 Å². The molecule has 0 aliphatic rings. The number of anilines is 1. The molecule has 20 heavy (non-hydrogen) atoms. The van der Waals surface area contributed by atoms with Crippen molar-refractivity contribution in [3.05, 3.63) is 57.8 Å². The number of nitrogens with zero attached hydrogens (tertiary/aromatic N) is 1. The Kier molecular flexibility index (Phi) is 3.56. The zero-order valence-electron chi connectivity index (χ0n) is 9.88. The summed E-state index contributed by atoms with van der Waals surface area (Å²) in [6, 6.07) is 5.73. The lowest BCUT2D eigenvalue weighted by Crippen LogP contribution is -2.19. The van der Waals surface area contributed by atoms with Gasteiger partial charge in [0.2, 0.25) is 0 Å². The molecule has 1 aromatic heterocycles.